The van der Waals surface area contributed by atoms with E-state index in [4.69, 9.17) is 10.5 Å². The molecule has 0 unspecified atom stereocenters. The van der Waals surface area contributed by atoms with Crippen molar-refractivity contribution in [2.24, 2.45) is 5.73 Å². The van der Waals surface area contributed by atoms with Crippen molar-refractivity contribution in [3.05, 3.63) is 30.1 Å². The van der Waals surface area contributed by atoms with E-state index in [9.17, 15) is 0 Å². The van der Waals surface area contributed by atoms with Crippen LogP contribution in [0.25, 0.3) is 0 Å². The van der Waals surface area contributed by atoms with Crippen molar-refractivity contribution in [1.82, 2.24) is 9.88 Å². The summed E-state index contributed by atoms with van der Waals surface area (Å²) in [5.74, 6) is 0. The Hall–Kier alpha value is -0.970. The Morgan fingerprint density at radius 2 is 2.27 bits per heavy atom. The van der Waals surface area contributed by atoms with E-state index in [0.29, 0.717) is 6.54 Å². The summed E-state index contributed by atoms with van der Waals surface area (Å²) in [5.41, 5.74) is 6.62. The maximum atomic E-state index is 5.55. The second-order valence-corrected chi connectivity index (χ2v) is 3.38. The maximum absolute atomic E-state index is 5.55. The minimum absolute atomic E-state index is 0.663. The summed E-state index contributed by atoms with van der Waals surface area (Å²) < 4.78 is 5.05. The predicted octanol–water partition coefficient (Wildman–Crippen LogP) is 0.489. The highest BCUT2D eigenvalue weighted by Crippen LogP contribution is 1.99. The number of ether oxygens (including phenoxy) is 1. The number of pyridine rings is 1. The zero-order chi connectivity index (χ0) is 10.9. The van der Waals surface area contributed by atoms with Crippen LogP contribution in [0.3, 0.4) is 0 Å². The quantitative estimate of drug-likeness (QED) is 0.710. The number of hydrogen-bond donors (Lipinski definition) is 1. The fraction of sp³-hybridized carbons (Fsp3) is 0.545. The van der Waals surface area contributed by atoms with Crippen LogP contribution >= 0.6 is 0 Å². The van der Waals surface area contributed by atoms with Crippen LogP contribution in [0.2, 0.25) is 0 Å². The molecule has 84 valence electrons. The fourth-order valence-electron chi connectivity index (χ4n) is 1.39. The van der Waals surface area contributed by atoms with Crippen LogP contribution < -0.4 is 5.73 Å². The Morgan fingerprint density at radius 3 is 2.87 bits per heavy atom. The van der Waals surface area contributed by atoms with Crippen molar-refractivity contribution in [3.8, 4) is 0 Å². The predicted molar refractivity (Wildman–Crippen MR) is 60.4 cm³/mol. The van der Waals surface area contributed by atoms with Gasteiger partial charge in [0.15, 0.2) is 0 Å². The molecule has 0 aliphatic heterocycles. The van der Waals surface area contributed by atoms with Crippen molar-refractivity contribution < 1.29 is 4.74 Å². The van der Waals surface area contributed by atoms with E-state index < -0.39 is 0 Å². The average Bonchev–Trinajstić information content (AvgIpc) is 2.28. The van der Waals surface area contributed by atoms with Gasteiger partial charge in [-0.2, -0.15) is 0 Å². The number of nitrogens with zero attached hydrogens (tertiary/aromatic N) is 2. The largest absolute Gasteiger partial charge is 0.383 e. The lowest BCUT2D eigenvalue weighted by Gasteiger charge is -2.20. The first-order valence-electron chi connectivity index (χ1n) is 5.18. The summed E-state index contributed by atoms with van der Waals surface area (Å²) in [6, 6.07) is 5.95. The Bertz CT molecular complexity index is 253. The van der Waals surface area contributed by atoms with Gasteiger partial charge in [-0.1, -0.05) is 6.07 Å². The third-order valence-electron chi connectivity index (χ3n) is 2.17. The van der Waals surface area contributed by atoms with Gasteiger partial charge >= 0.3 is 0 Å². The molecule has 2 N–H and O–H groups in total. The normalized spacial score (nSPS) is 10.9. The molecule has 4 nitrogen and oxygen atoms in total. The van der Waals surface area contributed by atoms with E-state index in [0.717, 1.165) is 31.9 Å². The third kappa shape index (κ3) is 4.88. The van der Waals surface area contributed by atoms with Crippen molar-refractivity contribution in [3.63, 3.8) is 0 Å². The molecule has 1 aromatic heterocycles. The fourth-order valence-corrected chi connectivity index (χ4v) is 1.39. The number of nitrogens with two attached hydrogens (primary N) is 1. The van der Waals surface area contributed by atoms with Crippen molar-refractivity contribution in [2.75, 3.05) is 33.4 Å². The van der Waals surface area contributed by atoms with Crippen molar-refractivity contribution in [1.29, 1.82) is 0 Å². The molecule has 0 saturated heterocycles. The molecule has 0 aliphatic rings. The minimum Gasteiger partial charge on any atom is -0.383 e. The molecule has 0 aliphatic carbocycles. The molecular weight excluding hydrogens is 190 g/mol. The van der Waals surface area contributed by atoms with E-state index in [1.54, 1.807) is 7.11 Å². The van der Waals surface area contributed by atoms with Gasteiger partial charge < -0.3 is 10.5 Å². The summed E-state index contributed by atoms with van der Waals surface area (Å²) in [4.78, 5) is 6.53. The first-order valence-corrected chi connectivity index (χ1v) is 5.18. The Balaban J connectivity index is 2.43. The first-order chi connectivity index (χ1) is 7.36. The molecule has 1 aromatic rings. The van der Waals surface area contributed by atoms with E-state index >= 15 is 0 Å². The van der Waals surface area contributed by atoms with Crippen LogP contribution in [0.4, 0.5) is 0 Å². The van der Waals surface area contributed by atoms with Crippen LogP contribution in [0.1, 0.15) is 5.69 Å². The molecule has 15 heavy (non-hydrogen) atoms. The summed E-state index contributed by atoms with van der Waals surface area (Å²) in [7, 11) is 1.71. The molecule has 0 amide bonds. The lowest BCUT2D eigenvalue weighted by atomic mass is 10.3. The molecule has 1 rings (SSSR count). The molecular formula is C11H19N3O. The van der Waals surface area contributed by atoms with Crippen LogP contribution in [0.5, 0.6) is 0 Å². The molecule has 0 aromatic carbocycles. The third-order valence-corrected chi connectivity index (χ3v) is 2.17. The van der Waals surface area contributed by atoms with E-state index in [1.165, 1.54) is 0 Å². The van der Waals surface area contributed by atoms with Crippen molar-refractivity contribution in [2.45, 2.75) is 6.54 Å². The van der Waals surface area contributed by atoms with Gasteiger partial charge in [0, 0.05) is 39.5 Å². The summed E-state index contributed by atoms with van der Waals surface area (Å²) in [5, 5.41) is 0. The van der Waals surface area contributed by atoms with E-state index in [1.807, 2.05) is 24.4 Å². The summed E-state index contributed by atoms with van der Waals surface area (Å²) >= 11 is 0. The second-order valence-electron chi connectivity index (χ2n) is 3.38. The Labute approximate surface area is 91.1 Å². The number of hydrogen-bond acceptors (Lipinski definition) is 4. The van der Waals surface area contributed by atoms with Crippen LogP contribution in [-0.2, 0) is 11.3 Å². The van der Waals surface area contributed by atoms with Crippen LogP contribution in [0.15, 0.2) is 24.4 Å². The Morgan fingerprint density at radius 1 is 1.40 bits per heavy atom. The summed E-state index contributed by atoms with van der Waals surface area (Å²) in [6.45, 7) is 4.00. The maximum Gasteiger partial charge on any atom is 0.0589 e. The summed E-state index contributed by atoms with van der Waals surface area (Å²) in [6.07, 6.45) is 1.81. The van der Waals surface area contributed by atoms with Gasteiger partial charge in [0.2, 0.25) is 0 Å². The SMILES string of the molecule is COCCN(CCN)Cc1ccccn1. The van der Waals surface area contributed by atoms with Gasteiger partial charge in [-0.3, -0.25) is 9.88 Å². The molecule has 1 heterocycles. The molecule has 0 atom stereocenters. The monoisotopic (exact) mass is 209 g/mol. The highest BCUT2D eigenvalue weighted by atomic mass is 16.5. The standard InChI is InChI=1S/C11H19N3O/c1-15-9-8-14(7-5-12)10-11-4-2-3-6-13-11/h2-4,6H,5,7-10,12H2,1H3. The zero-order valence-electron chi connectivity index (χ0n) is 9.22. The van der Waals surface area contributed by atoms with Crippen LogP contribution in [-0.4, -0.2) is 43.2 Å². The van der Waals surface area contributed by atoms with E-state index in [2.05, 4.69) is 9.88 Å². The van der Waals surface area contributed by atoms with Gasteiger partial charge in [-0.05, 0) is 12.1 Å². The molecule has 4 heteroatoms. The minimum atomic E-state index is 0.663. The molecule has 0 fully saturated rings. The lowest BCUT2D eigenvalue weighted by Crippen LogP contribution is -2.32. The van der Waals surface area contributed by atoms with Gasteiger partial charge in [0.05, 0.1) is 12.3 Å². The van der Waals surface area contributed by atoms with Crippen molar-refractivity contribution >= 4 is 0 Å². The second kappa shape index (κ2) is 7.34. The van der Waals surface area contributed by atoms with E-state index in [-0.39, 0.29) is 0 Å². The molecule has 0 spiro atoms. The topological polar surface area (TPSA) is 51.4 Å². The van der Waals surface area contributed by atoms with Gasteiger partial charge in [0.25, 0.3) is 0 Å². The molecule has 0 bridgehead atoms. The molecule has 0 saturated carbocycles. The van der Waals surface area contributed by atoms with Crippen LogP contribution in [0, 0.1) is 0 Å². The smallest absolute Gasteiger partial charge is 0.0589 e. The first kappa shape index (κ1) is 12.1. The average molecular weight is 209 g/mol. The lowest BCUT2D eigenvalue weighted by molar-refractivity contribution is 0.145. The zero-order valence-corrected chi connectivity index (χ0v) is 9.22. The van der Waals surface area contributed by atoms with Gasteiger partial charge in [-0.15, -0.1) is 0 Å². The van der Waals surface area contributed by atoms with Gasteiger partial charge in [-0.25, -0.2) is 0 Å². The highest BCUT2D eigenvalue weighted by molar-refractivity contribution is 5.03. The number of methoxy groups -OCH3 is 1. The molecule has 0 radical (unpaired) electrons. The van der Waals surface area contributed by atoms with Gasteiger partial charge in [0.1, 0.15) is 0 Å². The Kier molecular flexibility index (Phi) is 5.92. The number of rotatable bonds is 7. The number of aromatic nitrogens is 1. The highest BCUT2D eigenvalue weighted by Gasteiger charge is 2.04.